The highest BCUT2D eigenvalue weighted by molar-refractivity contribution is 6.30. The van der Waals surface area contributed by atoms with Crippen LogP contribution in [0.4, 0.5) is 4.79 Å². The number of carbonyl (C=O) groups excluding carboxylic acids is 1. The van der Waals surface area contributed by atoms with Gasteiger partial charge < -0.3 is 15.0 Å². The maximum Gasteiger partial charge on any atom is 0.317 e. The van der Waals surface area contributed by atoms with Crippen LogP contribution in [0.15, 0.2) is 12.1 Å². The number of nitrogens with zero attached hydrogens (tertiary/aromatic N) is 1. The van der Waals surface area contributed by atoms with Crippen molar-refractivity contribution in [2.24, 2.45) is 0 Å². The van der Waals surface area contributed by atoms with Gasteiger partial charge in [-0.2, -0.15) is 0 Å². The number of rotatable bonds is 3. The van der Waals surface area contributed by atoms with Gasteiger partial charge in [0.2, 0.25) is 0 Å². The predicted octanol–water partition coefficient (Wildman–Crippen LogP) is 2.43. The van der Waals surface area contributed by atoms with Gasteiger partial charge in [0.15, 0.2) is 0 Å². The molecule has 0 aliphatic rings. The molecular formula is C12H17ClN2O2. The Morgan fingerprint density at radius 3 is 2.71 bits per heavy atom. The third kappa shape index (κ3) is 3.27. The number of aryl methyl sites for hydroxylation is 1. The van der Waals surface area contributed by atoms with Crippen molar-refractivity contribution >= 4 is 17.6 Å². The summed E-state index contributed by atoms with van der Waals surface area (Å²) < 4.78 is 5.33. The maximum absolute atomic E-state index is 11.4. The van der Waals surface area contributed by atoms with Crippen LogP contribution in [0.5, 0.6) is 5.75 Å². The fourth-order valence-electron chi connectivity index (χ4n) is 1.73. The van der Waals surface area contributed by atoms with Crippen molar-refractivity contribution in [2.75, 3.05) is 21.2 Å². The van der Waals surface area contributed by atoms with Crippen molar-refractivity contribution in [3.05, 3.63) is 28.3 Å². The zero-order valence-corrected chi connectivity index (χ0v) is 11.3. The number of urea groups is 1. The fraction of sp³-hybridized carbons (Fsp3) is 0.417. The first kappa shape index (κ1) is 13.6. The second-order valence-corrected chi connectivity index (χ2v) is 4.26. The SMILES string of the molecule is CNC(=O)N(C)Cc1cc(Cl)cc(C)c1OC. The Kier molecular flexibility index (Phi) is 4.63. The van der Waals surface area contributed by atoms with Crippen molar-refractivity contribution in [1.82, 2.24) is 10.2 Å². The van der Waals surface area contributed by atoms with E-state index in [-0.39, 0.29) is 6.03 Å². The highest BCUT2D eigenvalue weighted by Gasteiger charge is 2.13. The quantitative estimate of drug-likeness (QED) is 0.903. The van der Waals surface area contributed by atoms with E-state index in [1.165, 1.54) is 0 Å². The van der Waals surface area contributed by atoms with Crippen LogP contribution in [-0.4, -0.2) is 32.1 Å². The first-order valence-electron chi connectivity index (χ1n) is 5.25. The summed E-state index contributed by atoms with van der Waals surface area (Å²) in [6.07, 6.45) is 0. The van der Waals surface area contributed by atoms with E-state index in [1.54, 1.807) is 26.1 Å². The Morgan fingerprint density at radius 2 is 2.18 bits per heavy atom. The van der Waals surface area contributed by atoms with E-state index >= 15 is 0 Å². The van der Waals surface area contributed by atoms with Crippen molar-refractivity contribution < 1.29 is 9.53 Å². The number of hydrogen-bond acceptors (Lipinski definition) is 2. The number of amides is 2. The molecule has 0 aromatic heterocycles. The first-order valence-corrected chi connectivity index (χ1v) is 5.63. The van der Waals surface area contributed by atoms with Crippen LogP contribution in [0.25, 0.3) is 0 Å². The highest BCUT2D eigenvalue weighted by atomic mass is 35.5. The van der Waals surface area contributed by atoms with E-state index in [2.05, 4.69) is 5.32 Å². The van der Waals surface area contributed by atoms with Gasteiger partial charge in [-0.25, -0.2) is 4.79 Å². The summed E-state index contributed by atoms with van der Waals surface area (Å²) in [6, 6.07) is 3.50. The summed E-state index contributed by atoms with van der Waals surface area (Å²) in [5, 5.41) is 3.21. The van der Waals surface area contributed by atoms with Gasteiger partial charge in [0.25, 0.3) is 0 Å². The average molecular weight is 257 g/mol. The number of ether oxygens (including phenoxy) is 1. The second kappa shape index (κ2) is 5.77. The third-order valence-corrected chi connectivity index (χ3v) is 2.71. The van der Waals surface area contributed by atoms with Crippen molar-refractivity contribution in [2.45, 2.75) is 13.5 Å². The van der Waals surface area contributed by atoms with E-state index in [0.29, 0.717) is 11.6 Å². The van der Waals surface area contributed by atoms with Gasteiger partial charge in [-0.15, -0.1) is 0 Å². The van der Waals surface area contributed by atoms with E-state index in [4.69, 9.17) is 16.3 Å². The molecule has 0 aliphatic heterocycles. The Bertz CT molecular complexity index is 421. The molecule has 5 heteroatoms. The molecule has 0 aliphatic carbocycles. The lowest BCUT2D eigenvalue weighted by molar-refractivity contribution is 0.208. The van der Waals surface area contributed by atoms with E-state index in [1.807, 2.05) is 19.1 Å². The van der Waals surface area contributed by atoms with Crippen molar-refractivity contribution in [3.63, 3.8) is 0 Å². The minimum atomic E-state index is -0.148. The standard InChI is InChI=1S/C12H17ClN2O2/c1-8-5-10(13)6-9(11(8)17-4)7-15(3)12(16)14-2/h5-6H,7H2,1-4H3,(H,14,16). The molecule has 4 nitrogen and oxygen atoms in total. The zero-order chi connectivity index (χ0) is 13.0. The number of carbonyl (C=O) groups is 1. The average Bonchev–Trinajstić information content (AvgIpc) is 2.27. The molecule has 1 aromatic carbocycles. The number of methoxy groups -OCH3 is 1. The van der Waals surface area contributed by atoms with Gasteiger partial charge in [0, 0.05) is 24.7 Å². The number of hydrogen-bond donors (Lipinski definition) is 1. The summed E-state index contributed by atoms with van der Waals surface area (Å²) >= 11 is 6.00. The van der Waals surface area contributed by atoms with E-state index < -0.39 is 0 Å². The lowest BCUT2D eigenvalue weighted by atomic mass is 10.1. The minimum absolute atomic E-state index is 0.148. The summed E-state index contributed by atoms with van der Waals surface area (Å²) in [5.74, 6) is 0.769. The van der Waals surface area contributed by atoms with Crippen molar-refractivity contribution in [3.8, 4) is 5.75 Å². The largest absolute Gasteiger partial charge is 0.496 e. The highest BCUT2D eigenvalue weighted by Crippen LogP contribution is 2.28. The molecule has 0 atom stereocenters. The molecular weight excluding hydrogens is 240 g/mol. The normalized spacial score (nSPS) is 9.94. The molecule has 0 spiro atoms. The van der Waals surface area contributed by atoms with Gasteiger partial charge in [0.05, 0.1) is 13.7 Å². The molecule has 0 bridgehead atoms. The lowest BCUT2D eigenvalue weighted by Gasteiger charge is -2.19. The summed E-state index contributed by atoms with van der Waals surface area (Å²) in [4.78, 5) is 13.0. The first-order chi connectivity index (χ1) is 7.99. The van der Waals surface area contributed by atoms with Crippen LogP contribution < -0.4 is 10.1 Å². The molecule has 0 unspecified atom stereocenters. The molecule has 1 aromatic rings. The molecule has 17 heavy (non-hydrogen) atoms. The van der Waals surface area contributed by atoms with Gasteiger partial charge >= 0.3 is 6.03 Å². The lowest BCUT2D eigenvalue weighted by Crippen LogP contribution is -2.34. The van der Waals surface area contributed by atoms with Crippen LogP contribution in [0.1, 0.15) is 11.1 Å². The molecule has 1 N–H and O–H groups in total. The maximum atomic E-state index is 11.4. The molecule has 0 saturated carbocycles. The molecule has 0 radical (unpaired) electrons. The Labute approximate surface area is 107 Å². The second-order valence-electron chi connectivity index (χ2n) is 3.83. The number of halogens is 1. The minimum Gasteiger partial charge on any atom is -0.496 e. The topological polar surface area (TPSA) is 41.6 Å². The van der Waals surface area contributed by atoms with Crippen LogP contribution in [-0.2, 0) is 6.54 Å². The number of benzene rings is 1. The molecule has 2 amide bonds. The fourth-order valence-corrected chi connectivity index (χ4v) is 2.02. The van der Waals surface area contributed by atoms with Gasteiger partial charge in [0.1, 0.15) is 5.75 Å². The van der Waals surface area contributed by atoms with Gasteiger partial charge in [-0.05, 0) is 24.6 Å². The Hall–Kier alpha value is -1.42. The third-order valence-electron chi connectivity index (χ3n) is 2.49. The monoisotopic (exact) mass is 256 g/mol. The van der Waals surface area contributed by atoms with Crippen molar-refractivity contribution in [1.29, 1.82) is 0 Å². The van der Waals surface area contributed by atoms with Crippen LogP contribution in [0.2, 0.25) is 5.02 Å². The number of nitrogens with one attached hydrogen (secondary N) is 1. The predicted molar refractivity (Wildman–Crippen MR) is 68.7 cm³/mol. The van der Waals surface area contributed by atoms with E-state index in [0.717, 1.165) is 16.9 Å². The molecule has 0 fully saturated rings. The molecule has 1 rings (SSSR count). The Morgan fingerprint density at radius 1 is 1.53 bits per heavy atom. The molecule has 0 saturated heterocycles. The zero-order valence-electron chi connectivity index (χ0n) is 10.5. The van der Waals surface area contributed by atoms with E-state index in [9.17, 15) is 4.79 Å². The molecule has 0 heterocycles. The molecule has 94 valence electrons. The van der Waals surface area contributed by atoms with Gasteiger partial charge in [-0.1, -0.05) is 11.6 Å². The van der Waals surface area contributed by atoms with Gasteiger partial charge in [-0.3, -0.25) is 0 Å². The van der Waals surface area contributed by atoms with Crippen LogP contribution in [0.3, 0.4) is 0 Å². The summed E-state index contributed by atoms with van der Waals surface area (Å²) in [7, 11) is 4.92. The van der Waals surface area contributed by atoms with Crippen LogP contribution >= 0.6 is 11.6 Å². The summed E-state index contributed by atoms with van der Waals surface area (Å²) in [6.45, 7) is 2.37. The smallest absolute Gasteiger partial charge is 0.317 e. The van der Waals surface area contributed by atoms with Crippen LogP contribution in [0, 0.1) is 6.92 Å². The summed E-state index contributed by atoms with van der Waals surface area (Å²) in [5.41, 5.74) is 1.85. The Balaban J connectivity index is 3.01.